The van der Waals surface area contributed by atoms with Crippen LogP contribution in [0.3, 0.4) is 0 Å². The van der Waals surface area contributed by atoms with Gasteiger partial charge in [0.2, 0.25) is 0 Å². The van der Waals surface area contributed by atoms with Crippen molar-refractivity contribution >= 4 is 5.97 Å². The molecule has 1 saturated heterocycles. The normalized spacial score (nSPS) is 39.4. The van der Waals surface area contributed by atoms with Gasteiger partial charge in [0.05, 0.1) is 19.3 Å². The average Bonchev–Trinajstić information content (AvgIpc) is 2.69. The van der Waals surface area contributed by atoms with Crippen LogP contribution in [0.2, 0.25) is 0 Å². The van der Waals surface area contributed by atoms with E-state index in [0.717, 1.165) is 45.3 Å². The smallest absolute Gasteiger partial charge is 0.316 e. The van der Waals surface area contributed by atoms with Gasteiger partial charge in [-0.1, -0.05) is 25.5 Å². The van der Waals surface area contributed by atoms with Crippen LogP contribution in [0.25, 0.3) is 0 Å². The molecule has 118 valence electrons. The molecule has 2 fully saturated rings. The Morgan fingerprint density at radius 2 is 2.19 bits per heavy atom. The zero-order valence-electron chi connectivity index (χ0n) is 13.3. The molecule has 0 aromatic carbocycles. The molecule has 4 nitrogen and oxygen atoms in total. The summed E-state index contributed by atoms with van der Waals surface area (Å²) in [7, 11) is 0. The van der Waals surface area contributed by atoms with Crippen LogP contribution in [0.1, 0.15) is 39.5 Å². The zero-order chi connectivity index (χ0) is 14.9. The van der Waals surface area contributed by atoms with Crippen molar-refractivity contribution in [3.63, 3.8) is 0 Å². The monoisotopic (exact) mass is 293 g/mol. The Morgan fingerprint density at radius 3 is 2.95 bits per heavy atom. The van der Waals surface area contributed by atoms with Crippen LogP contribution in [-0.2, 0) is 14.3 Å². The molecule has 0 amide bonds. The SMILES string of the molecule is CCOC(=O)[C@]12CCC[C@@]3(CC=CCO[C@H]31)CN(CC)C2. The van der Waals surface area contributed by atoms with Crippen LogP contribution in [-0.4, -0.2) is 49.8 Å². The summed E-state index contributed by atoms with van der Waals surface area (Å²) in [5.41, 5.74) is -0.374. The fourth-order valence-corrected chi connectivity index (χ4v) is 4.75. The van der Waals surface area contributed by atoms with Crippen LogP contribution >= 0.6 is 0 Å². The van der Waals surface area contributed by atoms with Crippen molar-refractivity contribution in [2.75, 3.05) is 32.8 Å². The highest BCUT2D eigenvalue weighted by molar-refractivity contribution is 5.78. The fourth-order valence-electron chi connectivity index (χ4n) is 4.75. The number of piperidine rings is 1. The molecule has 1 saturated carbocycles. The van der Waals surface area contributed by atoms with E-state index >= 15 is 0 Å². The lowest BCUT2D eigenvalue weighted by Gasteiger charge is -2.58. The highest BCUT2D eigenvalue weighted by atomic mass is 16.5. The summed E-state index contributed by atoms with van der Waals surface area (Å²) in [6.07, 6.45) is 8.54. The summed E-state index contributed by atoms with van der Waals surface area (Å²) < 4.78 is 11.7. The fraction of sp³-hybridized carbons (Fsp3) is 0.824. The minimum Gasteiger partial charge on any atom is -0.465 e. The highest BCUT2D eigenvalue weighted by Crippen LogP contribution is 2.55. The Balaban J connectivity index is 2.00. The van der Waals surface area contributed by atoms with E-state index in [-0.39, 0.29) is 17.5 Å². The Morgan fingerprint density at radius 1 is 1.33 bits per heavy atom. The lowest BCUT2D eigenvalue weighted by molar-refractivity contribution is -0.208. The molecule has 0 aromatic rings. The summed E-state index contributed by atoms with van der Waals surface area (Å²) in [4.78, 5) is 15.2. The van der Waals surface area contributed by atoms with E-state index in [2.05, 4.69) is 24.0 Å². The molecule has 0 N–H and O–H groups in total. The molecule has 3 aliphatic rings. The van der Waals surface area contributed by atoms with Gasteiger partial charge < -0.3 is 14.4 Å². The van der Waals surface area contributed by atoms with Crippen molar-refractivity contribution in [2.24, 2.45) is 10.8 Å². The third-order valence-corrected chi connectivity index (χ3v) is 5.58. The maximum atomic E-state index is 12.8. The second kappa shape index (κ2) is 5.73. The quantitative estimate of drug-likeness (QED) is 0.591. The van der Waals surface area contributed by atoms with Gasteiger partial charge in [0.15, 0.2) is 0 Å². The number of carbonyl (C=O) groups is 1. The minimum atomic E-state index is -0.464. The Hall–Kier alpha value is -0.870. The van der Waals surface area contributed by atoms with Crippen molar-refractivity contribution in [1.29, 1.82) is 0 Å². The van der Waals surface area contributed by atoms with Crippen molar-refractivity contribution in [1.82, 2.24) is 4.90 Å². The number of rotatable bonds is 3. The molecule has 4 heteroatoms. The van der Waals surface area contributed by atoms with Crippen LogP contribution in [0.15, 0.2) is 12.2 Å². The van der Waals surface area contributed by atoms with Gasteiger partial charge in [0.1, 0.15) is 5.41 Å². The van der Waals surface area contributed by atoms with Gasteiger partial charge in [-0.25, -0.2) is 0 Å². The van der Waals surface area contributed by atoms with Gasteiger partial charge >= 0.3 is 5.97 Å². The molecule has 1 aliphatic carbocycles. The van der Waals surface area contributed by atoms with Crippen LogP contribution in [0.5, 0.6) is 0 Å². The Bertz CT molecular complexity index is 436. The number of nitrogens with zero attached hydrogens (tertiary/aromatic N) is 1. The maximum absolute atomic E-state index is 12.8. The van der Waals surface area contributed by atoms with Gasteiger partial charge in [-0.2, -0.15) is 0 Å². The standard InChI is InChI=1S/C17H27NO3/c1-3-18-12-16-8-5-6-11-21-14(16)17(13-18,10-7-9-16)15(19)20-4-2/h5-6,14H,3-4,7-13H2,1-2H3/t14-,16+,17+/m1/s1. The van der Waals surface area contributed by atoms with Crippen molar-refractivity contribution < 1.29 is 14.3 Å². The molecule has 3 rings (SSSR count). The maximum Gasteiger partial charge on any atom is 0.316 e. The molecule has 0 aromatic heterocycles. The second-order valence-electron chi connectivity index (χ2n) is 6.78. The number of esters is 1. The molecule has 0 unspecified atom stereocenters. The van der Waals surface area contributed by atoms with Gasteiger partial charge in [0.25, 0.3) is 0 Å². The van der Waals surface area contributed by atoms with Gasteiger partial charge in [-0.3, -0.25) is 4.79 Å². The van der Waals surface area contributed by atoms with E-state index in [1.165, 1.54) is 0 Å². The first-order valence-corrected chi connectivity index (χ1v) is 8.33. The summed E-state index contributed by atoms with van der Waals surface area (Å²) in [6, 6.07) is 0. The number of ether oxygens (including phenoxy) is 2. The number of allylic oxidation sites excluding steroid dienone is 1. The molecular formula is C17H27NO3. The predicted molar refractivity (Wildman–Crippen MR) is 81.0 cm³/mol. The molecular weight excluding hydrogens is 266 g/mol. The van der Waals surface area contributed by atoms with E-state index in [9.17, 15) is 4.79 Å². The van der Waals surface area contributed by atoms with Gasteiger partial charge in [-0.05, 0) is 32.7 Å². The van der Waals surface area contributed by atoms with Crippen molar-refractivity contribution in [3.8, 4) is 0 Å². The molecule has 0 radical (unpaired) electrons. The first kappa shape index (κ1) is 15.0. The number of carbonyl (C=O) groups excluding carboxylic acids is 1. The molecule has 2 aliphatic heterocycles. The topological polar surface area (TPSA) is 38.8 Å². The third kappa shape index (κ3) is 2.33. The molecule has 0 spiro atoms. The Labute approximate surface area is 127 Å². The molecule has 2 bridgehead atoms. The molecule has 3 atom stereocenters. The van der Waals surface area contributed by atoms with Crippen LogP contribution in [0, 0.1) is 10.8 Å². The second-order valence-corrected chi connectivity index (χ2v) is 6.78. The minimum absolute atomic E-state index is 0.00981. The van der Waals surface area contributed by atoms with E-state index < -0.39 is 5.41 Å². The van der Waals surface area contributed by atoms with Crippen LogP contribution < -0.4 is 0 Å². The summed E-state index contributed by atoms with van der Waals surface area (Å²) in [6.45, 7) is 7.96. The highest BCUT2D eigenvalue weighted by Gasteiger charge is 2.62. The summed E-state index contributed by atoms with van der Waals surface area (Å²) in [5, 5.41) is 0. The first-order chi connectivity index (χ1) is 10.2. The lowest BCUT2D eigenvalue weighted by Crippen LogP contribution is -2.67. The third-order valence-electron chi connectivity index (χ3n) is 5.58. The number of hydrogen-bond donors (Lipinski definition) is 0. The first-order valence-electron chi connectivity index (χ1n) is 8.33. The summed E-state index contributed by atoms with van der Waals surface area (Å²) in [5.74, 6) is -0.0425. The predicted octanol–water partition coefficient (Wildman–Crippen LogP) is 2.39. The summed E-state index contributed by atoms with van der Waals surface area (Å²) >= 11 is 0. The van der Waals surface area contributed by atoms with E-state index in [0.29, 0.717) is 13.2 Å². The lowest BCUT2D eigenvalue weighted by atomic mass is 9.55. The van der Waals surface area contributed by atoms with Gasteiger partial charge in [-0.15, -0.1) is 0 Å². The van der Waals surface area contributed by atoms with Crippen LogP contribution in [0.4, 0.5) is 0 Å². The molecule has 21 heavy (non-hydrogen) atoms. The zero-order valence-corrected chi connectivity index (χ0v) is 13.3. The van der Waals surface area contributed by atoms with E-state index in [1.807, 2.05) is 6.92 Å². The van der Waals surface area contributed by atoms with E-state index in [1.54, 1.807) is 0 Å². The Kier molecular flexibility index (Phi) is 4.10. The number of likely N-dealkylation sites (tertiary alicyclic amines) is 1. The van der Waals surface area contributed by atoms with Gasteiger partial charge in [0, 0.05) is 18.5 Å². The molecule has 2 heterocycles. The number of hydrogen-bond acceptors (Lipinski definition) is 4. The largest absolute Gasteiger partial charge is 0.465 e. The average molecular weight is 293 g/mol. The van der Waals surface area contributed by atoms with Crippen molar-refractivity contribution in [2.45, 2.75) is 45.6 Å². The van der Waals surface area contributed by atoms with E-state index in [4.69, 9.17) is 9.47 Å². The van der Waals surface area contributed by atoms with Crippen molar-refractivity contribution in [3.05, 3.63) is 12.2 Å².